The fourth-order valence-corrected chi connectivity index (χ4v) is 1.27. The first-order valence-corrected chi connectivity index (χ1v) is 4.27. The van der Waals surface area contributed by atoms with Crippen LogP contribution in [0.1, 0.15) is 0 Å². The van der Waals surface area contributed by atoms with Crippen LogP contribution in [0.2, 0.25) is 0 Å². The van der Waals surface area contributed by atoms with Crippen LogP contribution < -0.4 is 9.47 Å². The maximum Gasteiger partial charge on any atom is 0.350 e. The van der Waals surface area contributed by atoms with Gasteiger partial charge in [0.1, 0.15) is 6.61 Å². The van der Waals surface area contributed by atoms with Crippen molar-refractivity contribution in [2.75, 3.05) is 13.7 Å². The number of hydrogen-bond acceptors (Lipinski definition) is 4. The molecule has 1 aromatic rings. The topological polar surface area (TPSA) is 44.8 Å². The van der Waals surface area contributed by atoms with Crippen LogP contribution in [0.4, 0.5) is 0 Å². The Kier molecular flexibility index (Phi) is 2.26. The predicted molar refractivity (Wildman–Crippen MR) is 48.4 cm³/mol. The second-order valence-electron chi connectivity index (χ2n) is 2.89. The Morgan fingerprint density at radius 3 is 2.86 bits per heavy atom. The lowest BCUT2D eigenvalue weighted by molar-refractivity contribution is -0.151. The molecule has 1 heterocycles. The maximum atomic E-state index is 11.1. The van der Waals surface area contributed by atoms with E-state index in [1.165, 1.54) is 7.11 Å². The van der Waals surface area contributed by atoms with E-state index in [1.807, 2.05) is 12.1 Å². The number of fused-ring (bicyclic) bond motifs is 1. The molecule has 1 aliphatic heterocycles. The highest BCUT2D eigenvalue weighted by Crippen LogP contribution is 2.30. The van der Waals surface area contributed by atoms with Crippen molar-refractivity contribution in [3.63, 3.8) is 0 Å². The lowest BCUT2D eigenvalue weighted by atomic mass is 10.2. The summed E-state index contributed by atoms with van der Waals surface area (Å²) in [4.78, 5) is 11.1. The summed E-state index contributed by atoms with van der Waals surface area (Å²) >= 11 is 0. The third kappa shape index (κ3) is 1.51. The molecule has 1 atom stereocenters. The molecular formula is C10H10O4. The fraction of sp³-hybridized carbons (Fsp3) is 0.300. The van der Waals surface area contributed by atoms with Gasteiger partial charge in [-0.05, 0) is 12.1 Å². The molecule has 0 fully saturated rings. The zero-order chi connectivity index (χ0) is 9.97. The Morgan fingerprint density at radius 1 is 1.43 bits per heavy atom. The van der Waals surface area contributed by atoms with Gasteiger partial charge >= 0.3 is 5.97 Å². The molecule has 74 valence electrons. The van der Waals surface area contributed by atoms with Crippen LogP contribution in [0.25, 0.3) is 0 Å². The standard InChI is InChI=1S/C10H10O4/c1-12-10(11)9-6-13-7-4-2-3-5-8(7)14-9/h2-5,9H,6H2,1H3/t9-/m1/s1. The first kappa shape index (κ1) is 8.87. The summed E-state index contributed by atoms with van der Waals surface area (Å²) in [6, 6.07) is 7.22. The van der Waals surface area contributed by atoms with Crippen molar-refractivity contribution in [3.8, 4) is 11.5 Å². The summed E-state index contributed by atoms with van der Waals surface area (Å²) < 4.78 is 15.3. The van der Waals surface area contributed by atoms with Crippen molar-refractivity contribution >= 4 is 5.97 Å². The molecule has 0 bridgehead atoms. The van der Waals surface area contributed by atoms with E-state index in [1.54, 1.807) is 12.1 Å². The zero-order valence-electron chi connectivity index (χ0n) is 7.73. The summed E-state index contributed by atoms with van der Waals surface area (Å²) in [6.45, 7) is 0.198. The molecule has 0 amide bonds. The van der Waals surface area contributed by atoms with Crippen LogP contribution in [-0.2, 0) is 9.53 Å². The van der Waals surface area contributed by atoms with Gasteiger partial charge in [0.25, 0.3) is 0 Å². The molecule has 0 saturated heterocycles. The highest BCUT2D eigenvalue weighted by molar-refractivity contribution is 5.75. The molecule has 0 spiro atoms. The Balaban J connectivity index is 2.17. The third-order valence-electron chi connectivity index (χ3n) is 1.97. The smallest absolute Gasteiger partial charge is 0.350 e. The molecule has 14 heavy (non-hydrogen) atoms. The number of benzene rings is 1. The number of rotatable bonds is 1. The zero-order valence-corrected chi connectivity index (χ0v) is 7.73. The van der Waals surface area contributed by atoms with Gasteiger partial charge in [0.2, 0.25) is 6.10 Å². The van der Waals surface area contributed by atoms with Crippen molar-refractivity contribution in [3.05, 3.63) is 24.3 Å². The number of esters is 1. The fourth-order valence-electron chi connectivity index (χ4n) is 1.27. The molecule has 0 radical (unpaired) electrons. The average Bonchev–Trinajstić information content (AvgIpc) is 2.27. The van der Waals surface area contributed by atoms with Gasteiger partial charge in [-0.15, -0.1) is 0 Å². The first-order valence-electron chi connectivity index (χ1n) is 4.27. The van der Waals surface area contributed by atoms with Crippen LogP contribution in [-0.4, -0.2) is 25.8 Å². The summed E-state index contributed by atoms with van der Waals surface area (Å²) in [6.07, 6.45) is -0.658. The normalized spacial score (nSPS) is 18.8. The molecule has 0 aromatic heterocycles. The van der Waals surface area contributed by atoms with E-state index in [-0.39, 0.29) is 6.61 Å². The van der Waals surface area contributed by atoms with Crippen molar-refractivity contribution in [2.24, 2.45) is 0 Å². The SMILES string of the molecule is COC(=O)[C@H]1COc2ccccc2O1. The largest absolute Gasteiger partial charge is 0.485 e. The van der Waals surface area contributed by atoms with E-state index in [0.717, 1.165) is 0 Å². The van der Waals surface area contributed by atoms with Gasteiger partial charge in [-0.3, -0.25) is 0 Å². The molecule has 4 nitrogen and oxygen atoms in total. The Bertz CT molecular complexity index is 348. The van der Waals surface area contributed by atoms with E-state index < -0.39 is 12.1 Å². The summed E-state index contributed by atoms with van der Waals surface area (Å²) in [7, 11) is 1.33. The van der Waals surface area contributed by atoms with E-state index in [4.69, 9.17) is 9.47 Å². The van der Waals surface area contributed by atoms with Crippen LogP contribution in [0.15, 0.2) is 24.3 Å². The van der Waals surface area contributed by atoms with Crippen LogP contribution >= 0.6 is 0 Å². The van der Waals surface area contributed by atoms with Gasteiger partial charge < -0.3 is 14.2 Å². The lowest BCUT2D eigenvalue weighted by Crippen LogP contribution is -2.37. The van der Waals surface area contributed by atoms with Crippen molar-refractivity contribution in [2.45, 2.75) is 6.10 Å². The van der Waals surface area contributed by atoms with Crippen molar-refractivity contribution < 1.29 is 19.0 Å². The minimum absolute atomic E-state index is 0.198. The molecule has 4 heteroatoms. The molecule has 2 rings (SSSR count). The second-order valence-corrected chi connectivity index (χ2v) is 2.89. The highest BCUT2D eigenvalue weighted by Gasteiger charge is 2.27. The summed E-state index contributed by atoms with van der Waals surface area (Å²) in [5.74, 6) is 0.821. The molecule has 0 aliphatic carbocycles. The van der Waals surface area contributed by atoms with E-state index in [9.17, 15) is 4.79 Å². The van der Waals surface area contributed by atoms with E-state index >= 15 is 0 Å². The average molecular weight is 194 g/mol. The molecule has 0 N–H and O–H groups in total. The number of hydrogen-bond donors (Lipinski definition) is 0. The molecule has 0 unspecified atom stereocenters. The van der Waals surface area contributed by atoms with E-state index in [2.05, 4.69) is 4.74 Å². The van der Waals surface area contributed by atoms with Gasteiger partial charge in [-0.1, -0.05) is 12.1 Å². The second kappa shape index (κ2) is 3.57. The predicted octanol–water partition coefficient (Wildman–Crippen LogP) is 0.999. The summed E-state index contributed by atoms with van der Waals surface area (Å²) in [5.41, 5.74) is 0. The molecule has 0 saturated carbocycles. The minimum atomic E-state index is -0.658. The van der Waals surface area contributed by atoms with Gasteiger partial charge in [0, 0.05) is 0 Å². The van der Waals surface area contributed by atoms with Crippen LogP contribution in [0.5, 0.6) is 11.5 Å². The van der Waals surface area contributed by atoms with E-state index in [0.29, 0.717) is 11.5 Å². The van der Waals surface area contributed by atoms with Crippen molar-refractivity contribution in [1.82, 2.24) is 0 Å². The monoisotopic (exact) mass is 194 g/mol. The third-order valence-corrected chi connectivity index (χ3v) is 1.97. The number of carbonyl (C=O) groups excluding carboxylic acids is 1. The first-order chi connectivity index (χ1) is 6.81. The minimum Gasteiger partial charge on any atom is -0.485 e. The van der Waals surface area contributed by atoms with Crippen LogP contribution in [0, 0.1) is 0 Å². The maximum absolute atomic E-state index is 11.1. The molecular weight excluding hydrogens is 184 g/mol. The Morgan fingerprint density at radius 2 is 2.14 bits per heavy atom. The van der Waals surface area contributed by atoms with Gasteiger partial charge in [-0.25, -0.2) is 4.79 Å². The molecule has 1 aliphatic rings. The lowest BCUT2D eigenvalue weighted by Gasteiger charge is -2.24. The number of methoxy groups -OCH3 is 1. The number of ether oxygens (including phenoxy) is 3. The Hall–Kier alpha value is -1.71. The molecule has 1 aromatic carbocycles. The number of carbonyl (C=O) groups is 1. The highest BCUT2D eigenvalue weighted by atomic mass is 16.6. The number of para-hydroxylation sites is 2. The van der Waals surface area contributed by atoms with Gasteiger partial charge in [-0.2, -0.15) is 0 Å². The Labute approximate surface area is 81.4 Å². The van der Waals surface area contributed by atoms with Gasteiger partial charge in [0.05, 0.1) is 7.11 Å². The van der Waals surface area contributed by atoms with Crippen molar-refractivity contribution in [1.29, 1.82) is 0 Å². The van der Waals surface area contributed by atoms with Gasteiger partial charge in [0.15, 0.2) is 11.5 Å². The summed E-state index contributed by atoms with van der Waals surface area (Å²) in [5, 5.41) is 0. The quantitative estimate of drug-likeness (QED) is 0.625. The van der Waals surface area contributed by atoms with Crippen LogP contribution in [0.3, 0.4) is 0 Å².